The van der Waals surface area contributed by atoms with E-state index in [1.165, 1.54) is 0 Å². The Morgan fingerprint density at radius 3 is 2.44 bits per heavy atom. The summed E-state index contributed by atoms with van der Waals surface area (Å²) in [5.41, 5.74) is 0. The summed E-state index contributed by atoms with van der Waals surface area (Å²) in [6.45, 7) is 6.21. The molecule has 1 aliphatic carbocycles. The fraction of sp³-hybridized carbons (Fsp3) is 0.429. The highest BCUT2D eigenvalue weighted by molar-refractivity contribution is 6.31. The lowest BCUT2D eigenvalue weighted by atomic mass is 9.92. The standard InChI is InChI=1S/C12H14ClN.C2H6/c1-2-10-5-6-11(13)9-12(10)14-7-3-4-8-14;1-2/h3-10,12H,2H2,1H3;1-2H3. The van der Waals surface area contributed by atoms with E-state index in [4.69, 9.17) is 11.6 Å². The van der Waals surface area contributed by atoms with Crippen molar-refractivity contribution in [2.24, 2.45) is 5.92 Å². The van der Waals surface area contributed by atoms with Gasteiger partial charge in [-0.05, 0) is 30.7 Å². The summed E-state index contributed by atoms with van der Waals surface area (Å²) in [7, 11) is 0. The van der Waals surface area contributed by atoms with E-state index < -0.39 is 0 Å². The molecule has 2 atom stereocenters. The van der Waals surface area contributed by atoms with Crippen LogP contribution in [0.25, 0.3) is 0 Å². The number of halogens is 1. The molecule has 2 rings (SSSR count). The molecular formula is C14H20ClN. The van der Waals surface area contributed by atoms with Crippen LogP contribution in [0.1, 0.15) is 33.2 Å². The second-order valence-corrected chi connectivity index (χ2v) is 4.04. The Morgan fingerprint density at radius 2 is 1.88 bits per heavy atom. The summed E-state index contributed by atoms with van der Waals surface area (Å²) in [6.07, 6.45) is 11.6. The summed E-state index contributed by atoms with van der Waals surface area (Å²) < 4.78 is 2.21. The number of rotatable bonds is 2. The van der Waals surface area contributed by atoms with Crippen molar-refractivity contribution in [3.8, 4) is 0 Å². The minimum atomic E-state index is 0.382. The van der Waals surface area contributed by atoms with Crippen molar-refractivity contribution in [1.29, 1.82) is 0 Å². The van der Waals surface area contributed by atoms with Gasteiger partial charge in [0.25, 0.3) is 0 Å². The van der Waals surface area contributed by atoms with Gasteiger partial charge in [0.05, 0.1) is 6.04 Å². The van der Waals surface area contributed by atoms with Crippen LogP contribution >= 0.6 is 11.6 Å². The fourth-order valence-corrected chi connectivity index (χ4v) is 2.10. The van der Waals surface area contributed by atoms with Crippen LogP contribution in [0.15, 0.2) is 47.8 Å². The highest BCUT2D eigenvalue weighted by Crippen LogP contribution is 2.30. The van der Waals surface area contributed by atoms with Crippen LogP contribution in [-0.2, 0) is 0 Å². The lowest BCUT2D eigenvalue weighted by Crippen LogP contribution is -2.16. The van der Waals surface area contributed by atoms with E-state index >= 15 is 0 Å². The lowest BCUT2D eigenvalue weighted by molar-refractivity contribution is 0.443. The second kappa shape index (κ2) is 6.59. The molecule has 1 nitrogen and oxygen atoms in total. The molecule has 88 valence electrons. The summed E-state index contributed by atoms with van der Waals surface area (Å²) in [6, 6.07) is 4.48. The Morgan fingerprint density at radius 1 is 1.25 bits per heavy atom. The van der Waals surface area contributed by atoms with Crippen molar-refractivity contribution in [3.63, 3.8) is 0 Å². The zero-order valence-corrected chi connectivity index (χ0v) is 11.0. The normalized spacial score (nSPS) is 23.4. The van der Waals surface area contributed by atoms with Gasteiger partial charge in [-0.25, -0.2) is 0 Å². The second-order valence-electron chi connectivity index (χ2n) is 3.60. The minimum absolute atomic E-state index is 0.382. The van der Waals surface area contributed by atoms with Gasteiger partial charge >= 0.3 is 0 Å². The highest BCUT2D eigenvalue weighted by atomic mass is 35.5. The molecule has 0 aromatic carbocycles. The van der Waals surface area contributed by atoms with E-state index in [0.29, 0.717) is 12.0 Å². The zero-order valence-electron chi connectivity index (χ0n) is 10.2. The summed E-state index contributed by atoms with van der Waals surface area (Å²) in [4.78, 5) is 0. The van der Waals surface area contributed by atoms with Crippen LogP contribution in [-0.4, -0.2) is 4.57 Å². The first kappa shape index (κ1) is 13.1. The Hall–Kier alpha value is -0.950. The van der Waals surface area contributed by atoms with Crippen molar-refractivity contribution >= 4 is 11.6 Å². The number of allylic oxidation sites excluding steroid dienone is 4. The molecule has 0 radical (unpaired) electrons. The molecule has 0 saturated carbocycles. The van der Waals surface area contributed by atoms with Crippen LogP contribution in [0.5, 0.6) is 0 Å². The molecule has 1 aliphatic rings. The maximum atomic E-state index is 6.01. The maximum Gasteiger partial charge on any atom is 0.0590 e. The smallest absolute Gasteiger partial charge is 0.0590 e. The zero-order chi connectivity index (χ0) is 12.0. The molecule has 2 heteroatoms. The van der Waals surface area contributed by atoms with Crippen LogP contribution in [0.2, 0.25) is 0 Å². The van der Waals surface area contributed by atoms with Crippen molar-refractivity contribution in [3.05, 3.63) is 47.8 Å². The molecular weight excluding hydrogens is 218 g/mol. The molecule has 1 heterocycles. The molecule has 1 aromatic heterocycles. The van der Waals surface area contributed by atoms with E-state index in [9.17, 15) is 0 Å². The number of nitrogens with zero attached hydrogens (tertiary/aromatic N) is 1. The Kier molecular flexibility index (Phi) is 5.41. The van der Waals surface area contributed by atoms with E-state index in [1.54, 1.807) is 0 Å². The molecule has 0 spiro atoms. The third kappa shape index (κ3) is 3.02. The van der Waals surface area contributed by atoms with E-state index in [0.717, 1.165) is 11.5 Å². The average Bonchev–Trinajstić information content (AvgIpc) is 2.85. The van der Waals surface area contributed by atoms with Gasteiger partial charge in [0, 0.05) is 23.3 Å². The quantitative estimate of drug-likeness (QED) is 0.698. The van der Waals surface area contributed by atoms with Gasteiger partial charge in [-0.15, -0.1) is 0 Å². The predicted molar refractivity (Wildman–Crippen MR) is 71.7 cm³/mol. The first-order valence-corrected chi connectivity index (χ1v) is 6.37. The molecule has 16 heavy (non-hydrogen) atoms. The Labute approximate surface area is 103 Å². The van der Waals surface area contributed by atoms with E-state index in [1.807, 2.05) is 32.1 Å². The summed E-state index contributed by atoms with van der Waals surface area (Å²) in [5, 5.41) is 0.841. The van der Waals surface area contributed by atoms with Gasteiger partial charge in [-0.3, -0.25) is 0 Å². The monoisotopic (exact) mass is 237 g/mol. The van der Waals surface area contributed by atoms with Gasteiger partial charge in [0.1, 0.15) is 0 Å². The van der Waals surface area contributed by atoms with Gasteiger partial charge in [-0.1, -0.05) is 38.4 Å². The minimum Gasteiger partial charge on any atom is -0.347 e. The van der Waals surface area contributed by atoms with Crippen LogP contribution in [0.4, 0.5) is 0 Å². The fourth-order valence-electron chi connectivity index (χ4n) is 1.90. The molecule has 1 aromatic rings. The number of hydrogen-bond donors (Lipinski definition) is 0. The molecule has 0 fully saturated rings. The Balaban J connectivity index is 0.000000606. The Bertz CT molecular complexity index is 349. The van der Waals surface area contributed by atoms with Crippen molar-refractivity contribution < 1.29 is 0 Å². The number of hydrogen-bond acceptors (Lipinski definition) is 0. The number of aromatic nitrogens is 1. The van der Waals surface area contributed by atoms with E-state index in [2.05, 4.69) is 36.0 Å². The maximum absolute atomic E-state index is 6.01. The van der Waals surface area contributed by atoms with Crippen LogP contribution < -0.4 is 0 Å². The molecule has 0 amide bonds. The van der Waals surface area contributed by atoms with Crippen molar-refractivity contribution in [2.75, 3.05) is 0 Å². The van der Waals surface area contributed by atoms with Gasteiger partial charge in [0.2, 0.25) is 0 Å². The van der Waals surface area contributed by atoms with Crippen LogP contribution in [0.3, 0.4) is 0 Å². The predicted octanol–water partition coefficient (Wildman–Crippen LogP) is 4.77. The van der Waals surface area contributed by atoms with Gasteiger partial charge in [-0.2, -0.15) is 0 Å². The van der Waals surface area contributed by atoms with E-state index in [-0.39, 0.29) is 0 Å². The molecule has 0 saturated heterocycles. The molecule has 2 unspecified atom stereocenters. The lowest BCUT2D eigenvalue weighted by Gasteiger charge is -2.25. The third-order valence-electron chi connectivity index (χ3n) is 2.71. The highest BCUT2D eigenvalue weighted by Gasteiger charge is 2.19. The van der Waals surface area contributed by atoms with Crippen molar-refractivity contribution in [2.45, 2.75) is 33.2 Å². The summed E-state index contributed by atoms with van der Waals surface area (Å²) >= 11 is 6.01. The molecule has 0 aliphatic heterocycles. The SMILES string of the molecule is CC.CCC1C=CC(Cl)=CC1n1cccc1. The van der Waals surface area contributed by atoms with Gasteiger partial charge in [0.15, 0.2) is 0 Å². The topological polar surface area (TPSA) is 4.93 Å². The van der Waals surface area contributed by atoms with Crippen LogP contribution in [0, 0.1) is 5.92 Å². The largest absolute Gasteiger partial charge is 0.347 e. The third-order valence-corrected chi connectivity index (χ3v) is 2.97. The van der Waals surface area contributed by atoms with Crippen molar-refractivity contribution in [1.82, 2.24) is 4.57 Å². The van der Waals surface area contributed by atoms with Gasteiger partial charge < -0.3 is 4.57 Å². The molecule has 0 bridgehead atoms. The first-order chi connectivity index (χ1) is 7.81. The molecule has 0 N–H and O–H groups in total. The average molecular weight is 238 g/mol. The summed E-state index contributed by atoms with van der Waals surface area (Å²) in [5.74, 6) is 0.560. The first-order valence-electron chi connectivity index (χ1n) is 5.99.